The molecule has 8 nitrogen and oxygen atoms in total. The van der Waals surface area contributed by atoms with Crippen LogP contribution >= 0.6 is 11.6 Å². The Hall–Kier alpha value is -3.30. The molecule has 1 amide bonds. The van der Waals surface area contributed by atoms with Crippen molar-refractivity contribution >= 4 is 34.6 Å². The van der Waals surface area contributed by atoms with E-state index < -0.39 is 11.7 Å². The molecule has 1 aliphatic heterocycles. The Balaban J connectivity index is 1.66. The first-order valence-corrected chi connectivity index (χ1v) is 10.1. The molecule has 1 fully saturated rings. The van der Waals surface area contributed by atoms with Crippen LogP contribution in [-0.4, -0.2) is 40.0 Å². The Morgan fingerprint density at radius 1 is 1.29 bits per heavy atom. The molecule has 1 saturated heterocycles. The number of rotatable bonds is 4. The topological polar surface area (TPSA) is 123 Å². The highest BCUT2D eigenvalue weighted by Gasteiger charge is 2.23. The minimum Gasteiger partial charge on any atom is -0.397 e. The molecule has 1 atom stereocenters. The average molecular weight is 442 g/mol. The molecule has 160 valence electrons. The Morgan fingerprint density at radius 2 is 2.13 bits per heavy atom. The predicted octanol–water partition coefficient (Wildman–Crippen LogP) is 3.09. The van der Waals surface area contributed by atoms with E-state index in [4.69, 9.17) is 23.1 Å². The molecule has 0 aromatic carbocycles. The highest BCUT2D eigenvalue weighted by Crippen LogP contribution is 2.30. The van der Waals surface area contributed by atoms with Gasteiger partial charge in [-0.25, -0.2) is 9.37 Å². The second-order valence-electron chi connectivity index (χ2n) is 7.29. The first-order valence-electron chi connectivity index (χ1n) is 9.77. The van der Waals surface area contributed by atoms with Gasteiger partial charge in [-0.05, 0) is 31.0 Å². The summed E-state index contributed by atoms with van der Waals surface area (Å²) in [5.74, 6) is -1.32. The van der Waals surface area contributed by atoms with Crippen molar-refractivity contribution in [2.24, 2.45) is 5.73 Å². The van der Waals surface area contributed by atoms with E-state index in [2.05, 4.69) is 25.2 Å². The van der Waals surface area contributed by atoms with Gasteiger partial charge in [-0.15, -0.1) is 0 Å². The third-order valence-electron chi connectivity index (χ3n) is 5.05. The van der Waals surface area contributed by atoms with E-state index in [0.717, 1.165) is 31.1 Å². The molecule has 10 heteroatoms. The Labute approximate surface area is 183 Å². The maximum atomic E-state index is 14.5. The van der Waals surface area contributed by atoms with E-state index in [1.807, 2.05) is 6.07 Å². The quantitative estimate of drug-likeness (QED) is 0.568. The van der Waals surface area contributed by atoms with Gasteiger partial charge in [-0.1, -0.05) is 11.6 Å². The van der Waals surface area contributed by atoms with Crippen molar-refractivity contribution in [3.05, 3.63) is 59.4 Å². The SMILES string of the molecule is Nc1cc(F)c(-c2ncccc2Cl)nc1C(=O)Nc1cnccc1N1CCC[C@H](N)C1. The molecule has 0 saturated carbocycles. The number of nitrogens with zero attached hydrogens (tertiary/aromatic N) is 4. The summed E-state index contributed by atoms with van der Waals surface area (Å²) >= 11 is 6.13. The zero-order valence-electron chi connectivity index (χ0n) is 16.6. The van der Waals surface area contributed by atoms with E-state index in [1.165, 1.54) is 6.20 Å². The highest BCUT2D eigenvalue weighted by atomic mass is 35.5. The summed E-state index contributed by atoms with van der Waals surface area (Å²) in [6.07, 6.45) is 6.57. The summed E-state index contributed by atoms with van der Waals surface area (Å²) in [5.41, 5.74) is 13.0. The number of aromatic nitrogens is 3. The second-order valence-corrected chi connectivity index (χ2v) is 7.69. The smallest absolute Gasteiger partial charge is 0.276 e. The lowest BCUT2D eigenvalue weighted by molar-refractivity contribution is 0.102. The molecule has 0 radical (unpaired) electrons. The van der Waals surface area contributed by atoms with E-state index >= 15 is 0 Å². The van der Waals surface area contributed by atoms with Crippen LogP contribution in [-0.2, 0) is 0 Å². The van der Waals surface area contributed by atoms with Crippen LogP contribution in [0, 0.1) is 5.82 Å². The lowest BCUT2D eigenvalue weighted by Gasteiger charge is -2.33. The van der Waals surface area contributed by atoms with Crippen LogP contribution in [0.1, 0.15) is 23.3 Å². The molecule has 1 aliphatic rings. The number of hydrogen-bond donors (Lipinski definition) is 3. The average Bonchev–Trinajstić information content (AvgIpc) is 2.75. The minimum atomic E-state index is -0.723. The molecule has 4 rings (SSSR count). The van der Waals surface area contributed by atoms with Crippen LogP contribution in [0.3, 0.4) is 0 Å². The number of nitrogen functional groups attached to an aromatic ring is 1. The Kier molecular flexibility index (Phi) is 5.97. The molecule has 31 heavy (non-hydrogen) atoms. The lowest BCUT2D eigenvalue weighted by atomic mass is 10.1. The monoisotopic (exact) mass is 441 g/mol. The van der Waals surface area contributed by atoms with Gasteiger partial charge >= 0.3 is 0 Å². The first kappa shape index (κ1) is 21.0. The fourth-order valence-electron chi connectivity index (χ4n) is 3.58. The van der Waals surface area contributed by atoms with Gasteiger partial charge in [-0.2, -0.15) is 0 Å². The number of carbonyl (C=O) groups is 1. The molecule has 4 heterocycles. The van der Waals surface area contributed by atoms with E-state index in [0.29, 0.717) is 12.2 Å². The largest absolute Gasteiger partial charge is 0.397 e. The van der Waals surface area contributed by atoms with Gasteiger partial charge in [0.2, 0.25) is 0 Å². The van der Waals surface area contributed by atoms with E-state index in [1.54, 1.807) is 24.5 Å². The third kappa shape index (κ3) is 4.42. The van der Waals surface area contributed by atoms with Crippen molar-refractivity contribution in [2.45, 2.75) is 18.9 Å². The number of nitrogens with two attached hydrogens (primary N) is 2. The van der Waals surface area contributed by atoms with Crippen LogP contribution < -0.4 is 21.7 Å². The Bertz CT molecular complexity index is 1130. The molecule has 0 bridgehead atoms. The molecule has 0 aliphatic carbocycles. The normalized spacial score (nSPS) is 16.2. The molecule has 5 N–H and O–H groups in total. The fourth-order valence-corrected chi connectivity index (χ4v) is 3.79. The van der Waals surface area contributed by atoms with E-state index in [9.17, 15) is 9.18 Å². The first-order chi connectivity index (χ1) is 14.9. The van der Waals surface area contributed by atoms with Crippen LogP contribution in [0.4, 0.5) is 21.5 Å². The number of carbonyl (C=O) groups excluding carboxylic acids is 1. The van der Waals surface area contributed by atoms with Crippen molar-refractivity contribution in [3.8, 4) is 11.4 Å². The summed E-state index contributed by atoms with van der Waals surface area (Å²) in [7, 11) is 0. The summed E-state index contributed by atoms with van der Waals surface area (Å²) < 4.78 is 14.5. The number of hydrogen-bond acceptors (Lipinski definition) is 7. The van der Waals surface area contributed by atoms with E-state index in [-0.39, 0.29) is 33.8 Å². The summed E-state index contributed by atoms with van der Waals surface area (Å²) in [5, 5.41) is 3.00. The molecular formula is C21H21ClFN7O. The lowest BCUT2D eigenvalue weighted by Crippen LogP contribution is -2.43. The molecule has 3 aromatic heterocycles. The van der Waals surface area contributed by atoms with Gasteiger partial charge < -0.3 is 21.7 Å². The predicted molar refractivity (Wildman–Crippen MR) is 118 cm³/mol. The van der Waals surface area contributed by atoms with Crippen LogP contribution in [0.5, 0.6) is 0 Å². The Morgan fingerprint density at radius 3 is 2.90 bits per heavy atom. The van der Waals surface area contributed by atoms with Gasteiger partial charge in [-0.3, -0.25) is 14.8 Å². The van der Waals surface area contributed by atoms with Gasteiger partial charge in [0.15, 0.2) is 11.5 Å². The molecule has 0 unspecified atom stereocenters. The number of nitrogens with one attached hydrogen (secondary N) is 1. The van der Waals surface area contributed by atoms with Crippen LogP contribution in [0.25, 0.3) is 11.4 Å². The van der Waals surface area contributed by atoms with Gasteiger partial charge in [0.1, 0.15) is 11.4 Å². The van der Waals surface area contributed by atoms with Crippen molar-refractivity contribution in [1.82, 2.24) is 15.0 Å². The van der Waals surface area contributed by atoms with Crippen molar-refractivity contribution in [2.75, 3.05) is 29.0 Å². The highest BCUT2D eigenvalue weighted by molar-refractivity contribution is 6.32. The zero-order valence-corrected chi connectivity index (χ0v) is 17.3. The standard InChI is InChI=1S/C21H21ClFN7O/c22-13-4-1-6-27-18(13)19-14(23)9-15(25)20(29-19)21(31)28-16-10-26-7-5-17(16)30-8-2-3-12(24)11-30/h1,4-7,9-10,12H,2-3,8,11,24-25H2,(H,28,31)/t12-/m0/s1. The van der Waals surface area contributed by atoms with Crippen molar-refractivity contribution in [3.63, 3.8) is 0 Å². The summed E-state index contributed by atoms with van der Waals surface area (Å²) in [6, 6.07) is 6.09. The number of piperidine rings is 1. The summed E-state index contributed by atoms with van der Waals surface area (Å²) in [6.45, 7) is 1.49. The van der Waals surface area contributed by atoms with Gasteiger partial charge in [0.05, 0.1) is 28.3 Å². The second kappa shape index (κ2) is 8.83. The van der Waals surface area contributed by atoms with Gasteiger partial charge in [0.25, 0.3) is 5.91 Å². The zero-order chi connectivity index (χ0) is 22.0. The van der Waals surface area contributed by atoms with Crippen molar-refractivity contribution < 1.29 is 9.18 Å². The fraction of sp³-hybridized carbons (Fsp3) is 0.238. The van der Waals surface area contributed by atoms with Crippen LogP contribution in [0.15, 0.2) is 42.9 Å². The maximum Gasteiger partial charge on any atom is 0.276 e. The van der Waals surface area contributed by atoms with Gasteiger partial charge in [0, 0.05) is 37.6 Å². The minimum absolute atomic E-state index is 0.0607. The number of amides is 1. The van der Waals surface area contributed by atoms with Crippen molar-refractivity contribution in [1.29, 1.82) is 0 Å². The molecule has 0 spiro atoms. The molecule has 3 aromatic rings. The molecular weight excluding hydrogens is 421 g/mol. The number of anilines is 3. The maximum absolute atomic E-state index is 14.5. The number of pyridine rings is 3. The summed E-state index contributed by atoms with van der Waals surface area (Å²) in [4.78, 5) is 27.4. The third-order valence-corrected chi connectivity index (χ3v) is 5.35. The number of halogens is 2. The van der Waals surface area contributed by atoms with Crippen LogP contribution in [0.2, 0.25) is 5.02 Å².